The number of thiazole rings is 2. The molecule has 10 nitrogen and oxygen atoms in total. The largest absolute Gasteiger partial charge is 0.478 e. The van der Waals surface area contributed by atoms with Crippen LogP contribution in [0.5, 0.6) is 0 Å². The second-order valence-electron chi connectivity index (χ2n) is 15.4. The summed E-state index contributed by atoms with van der Waals surface area (Å²) in [5.41, 5.74) is 8.41. The number of aromatic carboxylic acids is 2. The lowest BCUT2D eigenvalue weighted by molar-refractivity contribution is 0.0599. The predicted octanol–water partition coefficient (Wildman–Crippen LogP) is 15.2. The van der Waals surface area contributed by atoms with Gasteiger partial charge in [-0.2, -0.15) is 0 Å². The lowest BCUT2D eigenvalue weighted by Gasteiger charge is -2.10. The summed E-state index contributed by atoms with van der Waals surface area (Å²) in [7, 11) is 1.32. The third kappa shape index (κ3) is 11.7. The van der Waals surface area contributed by atoms with Gasteiger partial charge in [-0.05, 0) is 89.0 Å². The molecule has 0 unspecified atom stereocenters. The molecule has 0 saturated heterocycles. The van der Waals surface area contributed by atoms with Crippen LogP contribution < -0.4 is 5.32 Å². The van der Waals surface area contributed by atoms with Crippen LogP contribution in [0.3, 0.4) is 0 Å². The second kappa shape index (κ2) is 22.2. The number of amides is 1. The van der Waals surface area contributed by atoms with Gasteiger partial charge in [-0.15, -0.1) is 22.7 Å². The van der Waals surface area contributed by atoms with Gasteiger partial charge in [0.25, 0.3) is 5.91 Å². The van der Waals surface area contributed by atoms with E-state index in [1.54, 1.807) is 103 Å². The first-order valence-electron chi connectivity index (χ1n) is 21.1. The minimum atomic E-state index is -1.08. The first-order valence-corrected chi connectivity index (χ1v) is 24.3. The van der Waals surface area contributed by atoms with E-state index in [1.807, 2.05) is 35.0 Å². The van der Waals surface area contributed by atoms with E-state index in [9.17, 15) is 28.7 Å². The van der Waals surface area contributed by atoms with E-state index in [2.05, 4.69) is 15.3 Å². The highest BCUT2D eigenvalue weighted by Crippen LogP contribution is 2.37. The highest BCUT2D eigenvalue weighted by molar-refractivity contribution is 7.13. The van der Waals surface area contributed by atoms with Crippen molar-refractivity contribution in [3.8, 4) is 65.9 Å². The van der Waals surface area contributed by atoms with E-state index in [0.717, 1.165) is 27.4 Å². The van der Waals surface area contributed by atoms with Gasteiger partial charge in [0.05, 0.1) is 55.3 Å². The lowest BCUT2D eigenvalue weighted by Crippen LogP contribution is -2.23. The summed E-state index contributed by atoms with van der Waals surface area (Å²) < 4.78 is 18.8. The lowest BCUT2D eigenvalue weighted by atomic mass is 9.96. The first-order chi connectivity index (χ1) is 34.2. The van der Waals surface area contributed by atoms with E-state index in [4.69, 9.17) is 56.2 Å². The number of esters is 1. The number of carboxylic acid groups (broad SMARTS) is 2. The molecular formula is C54H34Cl4FN3O7S2. The maximum absolute atomic E-state index is 13.8. The first kappa shape index (κ1) is 50.2. The Morgan fingerprint density at radius 3 is 1.49 bits per heavy atom. The van der Waals surface area contributed by atoms with Crippen molar-refractivity contribution in [3.63, 3.8) is 0 Å². The molecule has 0 bridgehead atoms. The molecule has 0 radical (unpaired) electrons. The Hall–Kier alpha value is -7.23. The van der Waals surface area contributed by atoms with Gasteiger partial charge in [0, 0.05) is 50.7 Å². The number of carboxylic acids is 2. The van der Waals surface area contributed by atoms with Crippen molar-refractivity contribution < 1.29 is 38.5 Å². The zero-order valence-electron chi connectivity index (χ0n) is 36.8. The molecule has 0 spiro atoms. The number of hydrogen-bond acceptors (Lipinski definition) is 9. The van der Waals surface area contributed by atoms with Gasteiger partial charge in [-0.1, -0.05) is 125 Å². The quantitative estimate of drug-likeness (QED) is 0.101. The predicted molar refractivity (Wildman–Crippen MR) is 280 cm³/mol. The molecule has 9 aromatic rings. The van der Waals surface area contributed by atoms with Crippen LogP contribution in [-0.4, -0.2) is 51.1 Å². The zero-order chi connectivity index (χ0) is 50.3. The fourth-order valence-electron chi connectivity index (χ4n) is 7.22. The molecule has 0 fully saturated rings. The summed E-state index contributed by atoms with van der Waals surface area (Å²) in [6.45, 7) is 0.0570. The Balaban J connectivity index is 0.000000194. The molecule has 354 valence electrons. The van der Waals surface area contributed by atoms with E-state index in [-0.39, 0.29) is 29.4 Å². The molecule has 0 aliphatic carbocycles. The van der Waals surface area contributed by atoms with Gasteiger partial charge in [-0.3, -0.25) is 4.79 Å². The molecule has 3 N–H and O–H groups in total. The molecule has 0 atom stereocenters. The minimum absolute atomic E-state index is 0.0570. The van der Waals surface area contributed by atoms with Gasteiger partial charge in [0.1, 0.15) is 15.8 Å². The molecule has 71 heavy (non-hydrogen) atoms. The summed E-state index contributed by atoms with van der Waals surface area (Å²) in [5, 5.41) is 28.7. The number of benzene rings is 7. The average Bonchev–Trinajstić information content (AvgIpc) is 4.09. The Kier molecular flexibility index (Phi) is 15.7. The fraction of sp³-hybridized carbons (Fsp3) is 0.0370. The average molecular weight is 1060 g/mol. The smallest absolute Gasteiger partial charge is 0.338 e. The Morgan fingerprint density at radius 1 is 0.549 bits per heavy atom. The molecule has 17 heteroatoms. The fourth-order valence-corrected chi connectivity index (χ4v) is 9.46. The van der Waals surface area contributed by atoms with Crippen LogP contribution in [-0.2, 0) is 11.3 Å². The summed E-state index contributed by atoms with van der Waals surface area (Å²) in [6, 6.07) is 40.2. The van der Waals surface area contributed by atoms with Gasteiger partial charge in [0.2, 0.25) is 0 Å². The van der Waals surface area contributed by atoms with Crippen LogP contribution in [0.4, 0.5) is 4.39 Å². The number of ether oxygens (including phenoxy) is 1. The van der Waals surface area contributed by atoms with E-state index in [0.29, 0.717) is 75.3 Å². The molecule has 0 aliphatic rings. The Bertz CT molecular complexity index is 3490. The second-order valence-corrected chi connectivity index (χ2v) is 18.7. The summed E-state index contributed by atoms with van der Waals surface area (Å²) >= 11 is 27.1. The number of hydrogen-bond donors (Lipinski definition) is 3. The third-order valence-electron chi connectivity index (χ3n) is 10.9. The monoisotopic (exact) mass is 1060 g/mol. The number of nitrogens with one attached hydrogen (secondary N) is 1. The summed E-state index contributed by atoms with van der Waals surface area (Å²) in [5.74, 6) is -3.34. The normalized spacial score (nSPS) is 10.8. The standard InChI is InChI=1S/C30H19Cl2FN2O3S.C24H15Cl2NO4S/c31-24-12-10-19(14-25(24)32)27-16-39-29(35-27)20-9-11-22(23(13-20)30(37)38)17-5-7-18(8-6-17)28(36)34-15-21-3-1-2-4-26(21)33;1-31-24(30)18-10-16(6-8-17(18)13-2-4-14(5-3-13)23(28)29)22-27-21(12-32-22)15-7-9-19(25)20(26)11-15/h1-14,16H,15H2,(H,34,36)(H,37,38);2-12H,1H3,(H,28,29). The van der Waals surface area contributed by atoms with Crippen LogP contribution in [0.1, 0.15) is 47.0 Å². The van der Waals surface area contributed by atoms with E-state index in [1.165, 1.54) is 48.0 Å². The molecular weight excluding hydrogens is 1030 g/mol. The number of nitrogens with zero attached hydrogens (tertiary/aromatic N) is 2. The van der Waals surface area contributed by atoms with Gasteiger partial charge in [0.15, 0.2) is 0 Å². The maximum Gasteiger partial charge on any atom is 0.338 e. The van der Waals surface area contributed by atoms with Crippen molar-refractivity contribution in [1.82, 2.24) is 15.3 Å². The van der Waals surface area contributed by atoms with Crippen molar-refractivity contribution in [1.29, 1.82) is 0 Å². The topological polar surface area (TPSA) is 156 Å². The molecule has 0 saturated carbocycles. The number of methoxy groups -OCH3 is 1. The minimum Gasteiger partial charge on any atom is -0.478 e. The van der Waals surface area contributed by atoms with Crippen LogP contribution in [0, 0.1) is 5.82 Å². The Labute approximate surface area is 433 Å². The third-order valence-corrected chi connectivity index (χ3v) is 14.2. The SMILES string of the molecule is COC(=O)c1cc(-c2nc(-c3ccc(Cl)c(Cl)c3)cs2)ccc1-c1ccc(C(=O)O)cc1.O=C(NCc1ccccc1F)c1ccc(-c2ccc(-c3nc(-c4ccc(Cl)c(Cl)c4)cs3)cc2C(=O)O)cc1. The van der Waals surface area contributed by atoms with E-state index < -0.39 is 17.9 Å². The maximum atomic E-state index is 13.8. The van der Waals surface area contributed by atoms with Crippen molar-refractivity contribution in [2.45, 2.75) is 6.54 Å². The number of halogens is 5. The number of carbonyl (C=O) groups is 4. The van der Waals surface area contributed by atoms with Crippen molar-refractivity contribution >= 4 is 92.9 Å². The van der Waals surface area contributed by atoms with Crippen molar-refractivity contribution in [2.24, 2.45) is 0 Å². The summed E-state index contributed by atoms with van der Waals surface area (Å²) in [4.78, 5) is 57.7. The highest BCUT2D eigenvalue weighted by atomic mass is 35.5. The highest BCUT2D eigenvalue weighted by Gasteiger charge is 2.19. The summed E-state index contributed by atoms with van der Waals surface area (Å²) in [6.07, 6.45) is 0. The van der Waals surface area contributed by atoms with Gasteiger partial charge < -0.3 is 20.3 Å². The molecule has 0 aliphatic heterocycles. The molecule has 7 aromatic carbocycles. The van der Waals surface area contributed by atoms with Crippen LogP contribution in [0.25, 0.3) is 65.9 Å². The molecule has 2 aromatic heterocycles. The van der Waals surface area contributed by atoms with Crippen molar-refractivity contribution in [2.75, 3.05) is 7.11 Å². The Morgan fingerprint density at radius 2 is 1.01 bits per heavy atom. The molecule has 2 heterocycles. The number of aromatic nitrogens is 2. The van der Waals surface area contributed by atoms with Crippen LogP contribution in [0.2, 0.25) is 20.1 Å². The van der Waals surface area contributed by atoms with E-state index >= 15 is 0 Å². The van der Waals surface area contributed by atoms with Crippen molar-refractivity contribution in [3.05, 3.63) is 210 Å². The van der Waals surface area contributed by atoms with Crippen LogP contribution in [0.15, 0.2) is 156 Å². The van der Waals surface area contributed by atoms with Gasteiger partial charge in [-0.25, -0.2) is 28.7 Å². The zero-order valence-corrected chi connectivity index (χ0v) is 41.4. The number of rotatable bonds is 12. The van der Waals surface area contributed by atoms with Crippen LogP contribution >= 0.6 is 69.1 Å². The molecule has 9 rings (SSSR count). The van der Waals surface area contributed by atoms with Gasteiger partial charge >= 0.3 is 17.9 Å². The molecule has 1 amide bonds. The number of carbonyl (C=O) groups excluding carboxylic acids is 2.